The molecule has 3 aromatic rings. The predicted molar refractivity (Wildman–Crippen MR) is 188 cm³/mol. The van der Waals surface area contributed by atoms with E-state index in [9.17, 15) is 14.2 Å². The Morgan fingerprint density at radius 3 is 2.42 bits per heavy atom. The van der Waals surface area contributed by atoms with Gasteiger partial charge in [0.25, 0.3) is 0 Å². The smallest absolute Gasteiger partial charge is 0.350 e. The number of aromatic nitrogens is 6. The molecule has 0 aliphatic carbocycles. The number of benzene rings is 1. The Kier molecular flexibility index (Phi) is 15.6. The van der Waals surface area contributed by atoms with Crippen molar-refractivity contribution >= 4 is 60.0 Å². The van der Waals surface area contributed by atoms with Gasteiger partial charge in [-0.25, -0.2) is 4.79 Å². The highest BCUT2D eigenvalue weighted by Gasteiger charge is 2.21. The summed E-state index contributed by atoms with van der Waals surface area (Å²) in [5, 5.41) is 19.6. The SMILES string of the molecule is C#CCOc1cc(-n2nc3n(c2=O)CCCC3)c(Cl)cc1Cl.CCNc1nc(Cl)nc(NC(C)(C)C)n1.CP(=O)(O)CCC(N)C(=O)O. The summed E-state index contributed by atoms with van der Waals surface area (Å²) in [5.74, 6) is 3.34. The Morgan fingerprint density at radius 2 is 1.85 bits per heavy atom. The molecule has 0 saturated carbocycles. The third-order valence-corrected chi connectivity index (χ3v) is 7.97. The number of ether oxygens (including phenoxy) is 1. The fourth-order valence-electron chi connectivity index (χ4n) is 3.95. The summed E-state index contributed by atoms with van der Waals surface area (Å²) < 4.78 is 19.0. The molecule has 2 atom stereocenters. The first-order valence-corrected chi connectivity index (χ1v) is 18.2. The van der Waals surface area contributed by atoms with Gasteiger partial charge >= 0.3 is 11.7 Å². The van der Waals surface area contributed by atoms with E-state index in [1.165, 1.54) is 17.4 Å². The first-order valence-electron chi connectivity index (χ1n) is 14.8. The third kappa shape index (κ3) is 13.6. The van der Waals surface area contributed by atoms with Gasteiger partial charge in [-0.3, -0.25) is 13.9 Å². The Bertz CT molecular complexity index is 1700. The number of halogens is 3. The van der Waals surface area contributed by atoms with E-state index in [1.54, 1.807) is 10.6 Å². The predicted octanol–water partition coefficient (Wildman–Crippen LogP) is 4.54. The van der Waals surface area contributed by atoms with Crippen molar-refractivity contribution in [1.82, 2.24) is 29.3 Å². The lowest BCUT2D eigenvalue weighted by Crippen LogP contribution is -2.30. The third-order valence-electron chi connectivity index (χ3n) is 6.11. The van der Waals surface area contributed by atoms with Crippen molar-refractivity contribution in [3.8, 4) is 23.8 Å². The van der Waals surface area contributed by atoms with Gasteiger partial charge in [-0.1, -0.05) is 29.1 Å². The van der Waals surface area contributed by atoms with Crippen molar-refractivity contribution in [2.45, 2.75) is 71.5 Å². The zero-order valence-electron chi connectivity index (χ0n) is 27.3. The number of fused-ring (bicyclic) bond motifs is 1. The molecule has 4 rings (SSSR count). The van der Waals surface area contributed by atoms with Gasteiger partial charge in [-0.05, 0) is 64.6 Å². The van der Waals surface area contributed by atoms with Gasteiger partial charge in [0.15, 0.2) is 7.37 Å². The number of aryl methyl sites for hydroxylation is 1. The number of rotatable bonds is 10. The van der Waals surface area contributed by atoms with Crippen LogP contribution in [0.1, 0.15) is 52.8 Å². The molecule has 15 nitrogen and oxygen atoms in total. The van der Waals surface area contributed by atoms with Crippen molar-refractivity contribution in [2.24, 2.45) is 5.73 Å². The van der Waals surface area contributed by atoms with Gasteiger partial charge in [0, 0.05) is 43.9 Å². The zero-order valence-corrected chi connectivity index (χ0v) is 30.5. The second-order valence-electron chi connectivity index (χ2n) is 11.6. The lowest BCUT2D eigenvalue weighted by Gasteiger charge is -2.20. The Morgan fingerprint density at radius 1 is 1.19 bits per heavy atom. The maximum absolute atomic E-state index is 12.5. The molecule has 48 heavy (non-hydrogen) atoms. The van der Waals surface area contributed by atoms with E-state index in [0.717, 1.165) is 31.6 Å². The Balaban J connectivity index is 0.000000269. The number of carboxylic acid groups (broad SMARTS) is 1. The van der Waals surface area contributed by atoms with Crippen LogP contribution in [0.15, 0.2) is 16.9 Å². The van der Waals surface area contributed by atoms with E-state index in [1.807, 2.05) is 27.7 Å². The summed E-state index contributed by atoms with van der Waals surface area (Å²) in [6, 6.07) is 2.08. The first kappa shape index (κ1) is 40.8. The van der Waals surface area contributed by atoms with Crippen LogP contribution in [0.5, 0.6) is 5.75 Å². The summed E-state index contributed by atoms with van der Waals surface area (Å²) in [6.07, 6.45) is 7.97. The van der Waals surface area contributed by atoms with Gasteiger partial charge in [-0.15, -0.1) is 11.5 Å². The van der Waals surface area contributed by atoms with Crippen LogP contribution in [-0.4, -0.2) is 82.8 Å². The molecule has 0 saturated heterocycles. The molecule has 1 aromatic carbocycles. The van der Waals surface area contributed by atoms with Gasteiger partial charge in [-0.2, -0.15) is 19.6 Å². The Hall–Kier alpha value is -3.38. The van der Waals surface area contributed by atoms with Gasteiger partial charge in [0.05, 0.1) is 15.7 Å². The van der Waals surface area contributed by atoms with E-state index >= 15 is 0 Å². The second kappa shape index (κ2) is 18.4. The van der Waals surface area contributed by atoms with Crippen LogP contribution >= 0.6 is 42.2 Å². The number of aliphatic carboxylic acids is 1. The fraction of sp³-hybridized carbons (Fsp3) is 0.517. The standard InChI is InChI=1S/C15H13Cl2N3O2.C9H16ClN5.C5H12NO4P/c1-2-7-22-13-9-12(10(16)8-11(13)17)20-15(21)19-6-4-3-5-14(19)18-20;1-5-11-7-12-6(10)13-8(14-7)15-9(2,3)4;1-11(9,10)3-2-4(6)5(7)8/h1,8-9H,3-7H2;5H2,1-4H3,(H2,11,12,13,14,15);4H,2-3,6H2,1H3,(H,7,8)(H,9,10). The normalized spacial score (nSPS) is 14.0. The monoisotopic (exact) mass is 747 g/mol. The van der Waals surface area contributed by atoms with E-state index in [-0.39, 0.29) is 35.7 Å². The molecule has 1 aliphatic rings. The number of terminal acetylenes is 1. The van der Waals surface area contributed by atoms with Gasteiger partial charge < -0.3 is 31.1 Å². The minimum absolute atomic E-state index is 0.0412. The summed E-state index contributed by atoms with van der Waals surface area (Å²) in [4.78, 5) is 43.5. The van der Waals surface area contributed by atoms with Crippen LogP contribution in [0.2, 0.25) is 15.3 Å². The molecule has 0 fully saturated rings. The van der Waals surface area contributed by atoms with Crippen molar-refractivity contribution in [3.63, 3.8) is 0 Å². The number of nitrogens with one attached hydrogen (secondary N) is 2. The number of nitrogens with two attached hydrogens (primary N) is 1. The second-order valence-corrected chi connectivity index (χ2v) is 15.3. The number of hydrogen-bond acceptors (Lipinski definition) is 11. The lowest BCUT2D eigenvalue weighted by atomic mass is 10.1. The summed E-state index contributed by atoms with van der Waals surface area (Å²) in [5.41, 5.74) is 5.22. The summed E-state index contributed by atoms with van der Waals surface area (Å²) >= 11 is 18.1. The molecule has 19 heteroatoms. The van der Waals surface area contributed by atoms with Crippen LogP contribution in [-0.2, 0) is 22.3 Å². The molecule has 264 valence electrons. The van der Waals surface area contributed by atoms with E-state index in [0.29, 0.717) is 39.9 Å². The molecule has 1 aliphatic heterocycles. The molecule has 2 aromatic heterocycles. The highest BCUT2D eigenvalue weighted by Crippen LogP contribution is 2.36. The average Bonchev–Trinajstić information content (AvgIpc) is 3.30. The van der Waals surface area contributed by atoms with Crippen molar-refractivity contribution in [1.29, 1.82) is 0 Å². The minimum atomic E-state index is -3.10. The highest BCUT2D eigenvalue weighted by molar-refractivity contribution is 7.57. The molecule has 3 heterocycles. The number of nitrogens with zero attached hydrogens (tertiary/aromatic N) is 6. The van der Waals surface area contributed by atoms with Crippen molar-refractivity contribution in [3.05, 3.63) is 43.8 Å². The largest absolute Gasteiger partial charge is 0.480 e. The average molecular weight is 749 g/mol. The van der Waals surface area contributed by atoms with Gasteiger partial charge in [0.2, 0.25) is 17.2 Å². The Labute approximate surface area is 294 Å². The molecule has 0 bridgehead atoms. The molecule has 2 unspecified atom stereocenters. The van der Waals surface area contributed by atoms with Crippen LogP contribution in [0.4, 0.5) is 11.9 Å². The number of carboxylic acids is 1. The number of carbonyl (C=O) groups is 1. The van der Waals surface area contributed by atoms with E-state index < -0.39 is 19.4 Å². The molecular formula is C29H41Cl3N9O6P. The zero-order chi connectivity index (χ0) is 36.2. The van der Waals surface area contributed by atoms with Crippen LogP contribution in [0.25, 0.3) is 5.69 Å². The maximum Gasteiger partial charge on any atom is 0.350 e. The maximum atomic E-state index is 12.5. The minimum Gasteiger partial charge on any atom is -0.480 e. The molecule has 0 radical (unpaired) electrons. The van der Waals surface area contributed by atoms with E-state index in [2.05, 4.69) is 36.6 Å². The van der Waals surface area contributed by atoms with Gasteiger partial charge in [0.1, 0.15) is 24.2 Å². The van der Waals surface area contributed by atoms with Crippen LogP contribution < -0.4 is 26.8 Å². The molecule has 6 N–H and O–H groups in total. The topological polar surface area (TPSA) is 212 Å². The highest BCUT2D eigenvalue weighted by atomic mass is 35.5. The molecular weight excluding hydrogens is 708 g/mol. The van der Waals surface area contributed by atoms with Crippen molar-refractivity contribution < 1.29 is 24.1 Å². The van der Waals surface area contributed by atoms with Crippen molar-refractivity contribution in [2.75, 3.05) is 36.6 Å². The lowest BCUT2D eigenvalue weighted by molar-refractivity contribution is -0.138. The van der Waals surface area contributed by atoms with Crippen LogP contribution in [0.3, 0.4) is 0 Å². The first-order chi connectivity index (χ1) is 22.3. The number of anilines is 2. The number of hydrogen-bond donors (Lipinski definition) is 5. The fourth-order valence-corrected chi connectivity index (χ4v) is 5.38. The van der Waals surface area contributed by atoms with E-state index in [4.69, 9.17) is 61.7 Å². The molecule has 0 amide bonds. The summed E-state index contributed by atoms with van der Waals surface area (Å²) in [7, 11) is -3.10. The molecule has 0 spiro atoms. The quantitative estimate of drug-likeness (QED) is 0.143. The van der Waals surface area contributed by atoms with Crippen LogP contribution in [0, 0.1) is 12.3 Å². The summed E-state index contributed by atoms with van der Waals surface area (Å²) in [6.45, 7) is 10.7.